The second kappa shape index (κ2) is 8.50. The molecule has 0 radical (unpaired) electrons. The number of hydrogen-bond acceptors (Lipinski definition) is 6. The fraction of sp³-hybridized carbons (Fsp3) is 0.190. The maximum atomic E-state index is 12.9. The van der Waals surface area contributed by atoms with E-state index in [2.05, 4.69) is 10.1 Å². The standard InChI is InChI=1S/C21H16F3N3O4/c22-21(23,24)15-5-1-4-14(12-15)19-25-18(31-26-19)8-9-27(13-16-6-2-10-29-16)20(28)17-7-3-11-30-17/h1-7,10-12H,8-9,13H2. The first-order valence-corrected chi connectivity index (χ1v) is 9.25. The molecule has 160 valence electrons. The molecule has 0 aliphatic heterocycles. The third-order valence-electron chi connectivity index (χ3n) is 4.46. The van der Waals surface area contributed by atoms with Crippen LogP contribution in [0, 0.1) is 0 Å². The summed E-state index contributed by atoms with van der Waals surface area (Å²) in [7, 11) is 0. The first-order chi connectivity index (χ1) is 14.9. The number of carbonyl (C=O) groups is 1. The molecule has 0 bridgehead atoms. The van der Waals surface area contributed by atoms with Crippen LogP contribution in [0.4, 0.5) is 13.2 Å². The molecule has 0 saturated heterocycles. The summed E-state index contributed by atoms with van der Waals surface area (Å²) in [6.07, 6.45) is -1.37. The van der Waals surface area contributed by atoms with Crippen LogP contribution in [0.15, 0.2) is 74.4 Å². The average molecular weight is 431 g/mol. The topological polar surface area (TPSA) is 85.5 Å². The van der Waals surface area contributed by atoms with Crippen molar-refractivity contribution in [2.75, 3.05) is 6.54 Å². The van der Waals surface area contributed by atoms with Crippen LogP contribution in [-0.2, 0) is 19.1 Å². The molecule has 0 fully saturated rings. The number of carbonyl (C=O) groups excluding carboxylic acids is 1. The van der Waals surface area contributed by atoms with E-state index < -0.39 is 11.7 Å². The lowest BCUT2D eigenvalue weighted by Gasteiger charge is -2.19. The zero-order valence-electron chi connectivity index (χ0n) is 16.0. The van der Waals surface area contributed by atoms with Gasteiger partial charge in [0.2, 0.25) is 11.7 Å². The summed E-state index contributed by atoms with van der Waals surface area (Å²) in [5, 5.41) is 3.76. The Morgan fingerprint density at radius 3 is 2.55 bits per heavy atom. The van der Waals surface area contributed by atoms with Gasteiger partial charge in [0.1, 0.15) is 5.76 Å². The van der Waals surface area contributed by atoms with Gasteiger partial charge in [-0.2, -0.15) is 18.2 Å². The Balaban J connectivity index is 1.48. The molecule has 31 heavy (non-hydrogen) atoms. The van der Waals surface area contributed by atoms with Crippen molar-refractivity contribution < 1.29 is 31.3 Å². The summed E-state index contributed by atoms with van der Waals surface area (Å²) in [6, 6.07) is 11.3. The van der Waals surface area contributed by atoms with E-state index in [0.717, 1.165) is 12.1 Å². The fourth-order valence-corrected chi connectivity index (χ4v) is 2.94. The van der Waals surface area contributed by atoms with Crippen molar-refractivity contribution in [1.29, 1.82) is 0 Å². The van der Waals surface area contributed by atoms with Crippen molar-refractivity contribution in [2.24, 2.45) is 0 Å². The first-order valence-electron chi connectivity index (χ1n) is 9.25. The molecule has 0 spiro atoms. The number of amides is 1. The van der Waals surface area contributed by atoms with Gasteiger partial charge in [0, 0.05) is 18.5 Å². The Morgan fingerprint density at radius 2 is 1.84 bits per heavy atom. The molecular weight excluding hydrogens is 415 g/mol. The van der Waals surface area contributed by atoms with E-state index in [4.69, 9.17) is 13.4 Å². The molecule has 1 aromatic carbocycles. The third kappa shape index (κ3) is 4.85. The minimum atomic E-state index is -4.47. The van der Waals surface area contributed by atoms with Crippen molar-refractivity contribution in [3.8, 4) is 11.4 Å². The monoisotopic (exact) mass is 431 g/mol. The van der Waals surface area contributed by atoms with Gasteiger partial charge in [-0.3, -0.25) is 4.79 Å². The molecule has 0 aliphatic rings. The highest BCUT2D eigenvalue weighted by Crippen LogP contribution is 2.31. The highest BCUT2D eigenvalue weighted by Gasteiger charge is 2.30. The number of benzene rings is 1. The van der Waals surface area contributed by atoms with E-state index in [1.54, 1.807) is 24.3 Å². The summed E-state index contributed by atoms with van der Waals surface area (Å²) >= 11 is 0. The van der Waals surface area contributed by atoms with Crippen molar-refractivity contribution >= 4 is 5.91 Å². The predicted molar refractivity (Wildman–Crippen MR) is 101 cm³/mol. The van der Waals surface area contributed by atoms with Crippen LogP contribution in [-0.4, -0.2) is 27.5 Å². The summed E-state index contributed by atoms with van der Waals surface area (Å²) in [4.78, 5) is 18.4. The third-order valence-corrected chi connectivity index (χ3v) is 4.46. The Morgan fingerprint density at radius 1 is 1.03 bits per heavy atom. The normalized spacial score (nSPS) is 11.6. The molecular formula is C21H16F3N3O4. The molecule has 1 amide bonds. The zero-order chi connectivity index (χ0) is 21.8. The van der Waals surface area contributed by atoms with Gasteiger partial charge in [-0.15, -0.1) is 0 Å². The van der Waals surface area contributed by atoms with E-state index in [0.29, 0.717) is 5.76 Å². The van der Waals surface area contributed by atoms with Crippen molar-refractivity contribution in [1.82, 2.24) is 15.0 Å². The van der Waals surface area contributed by atoms with Crippen LogP contribution < -0.4 is 0 Å². The van der Waals surface area contributed by atoms with E-state index >= 15 is 0 Å². The number of halogens is 3. The van der Waals surface area contributed by atoms with Gasteiger partial charge in [-0.1, -0.05) is 17.3 Å². The zero-order valence-corrected chi connectivity index (χ0v) is 16.0. The lowest BCUT2D eigenvalue weighted by molar-refractivity contribution is -0.137. The van der Waals surface area contributed by atoms with Crippen LogP contribution >= 0.6 is 0 Å². The average Bonchev–Trinajstić information content (AvgIpc) is 3.53. The number of nitrogens with zero attached hydrogens (tertiary/aromatic N) is 3. The van der Waals surface area contributed by atoms with E-state index in [-0.39, 0.29) is 48.5 Å². The molecule has 3 heterocycles. The van der Waals surface area contributed by atoms with Crippen molar-refractivity contribution in [3.63, 3.8) is 0 Å². The number of rotatable bonds is 7. The van der Waals surface area contributed by atoms with Crippen molar-refractivity contribution in [2.45, 2.75) is 19.1 Å². The number of aromatic nitrogens is 2. The molecule has 7 nitrogen and oxygen atoms in total. The molecule has 4 rings (SSSR count). The van der Waals surface area contributed by atoms with Gasteiger partial charge in [-0.25, -0.2) is 0 Å². The minimum Gasteiger partial charge on any atom is -0.467 e. The molecule has 0 atom stereocenters. The number of hydrogen-bond donors (Lipinski definition) is 0. The predicted octanol–water partition coefficient (Wildman–Crippen LogP) is 4.83. The number of furan rings is 2. The molecule has 4 aromatic rings. The van der Waals surface area contributed by atoms with Gasteiger partial charge in [0.15, 0.2) is 5.76 Å². The van der Waals surface area contributed by atoms with Gasteiger partial charge >= 0.3 is 6.18 Å². The summed E-state index contributed by atoms with van der Waals surface area (Å²) in [5.41, 5.74) is -0.617. The van der Waals surface area contributed by atoms with Crippen LogP contribution in [0.3, 0.4) is 0 Å². The van der Waals surface area contributed by atoms with E-state index in [1.807, 2.05) is 0 Å². The Labute approximate surface area is 174 Å². The van der Waals surface area contributed by atoms with Crippen LogP contribution in [0.1, 0.15) is 27.8 Å². The van der Waals surface area contributed by atoms with Gasteiger partial charge in [-0.05, 0) is 36.4 Å². The van der Waals surface area contributed by atoms with Crippen LogP contribution in [0.2, 0.25) is 0 Å². The highest BCUT2D eigenvalue weighted by molar-refractivity contribution is 5.91. The summed E-state index contributed by atoms with van der Waals surface area (Å²) in [5.74, 6) is 0.621. The van der Waals surface area contributed by atoms with Gasteiger partial charge < -0.3 is 18.3 Å². The Bertz CT molecular complexity index is 1140. The smallest absolute Gasteiger partial charge is 0.416 e. The molecule has 3 aromatic heterocycles. The molecule has 10 heteroatoms. The van der Waals surface area contributed by atoms with E-state index in [9.17, 15) is 18.0 Å². The molecule has 0 unspecified atom stereocenters. The van der Waals surface area contributed by atoms with E-state index in [1.165, 1.54) is 29.6 Å². The largest absolute Gasteiger partial charge is 0.467 e. The van der Waals surface area contributed by atoms with Crippen LogP contribution in [0.25, 0.3) is 11.4 Å². The van der Waals surface area contributed by atoms with Crippen molar-refractivity contribution in [3.05, 3.63) is 84.0 Å². The Hall–Kier alpha value is -3.82. The SMILES string of the molecule is O=C(c1ccco1)N(CCc1nc(-c2cccc(C(F)(F)F)c2)no1)Cc1ccco1. The van der Waals surface area contributed by atoms with Gasteiger partial charge in [0.25, 0.3) is 5.91 Å². The maximum Gasteiger partial charge on any atom is 0.416 e. The van der Waals surface area contributed by atoms with Gasteiger partial charge in [0.05, 0.1) is 24.6 Å². The molecule has 0 N–H and O–H groups in total. The number of alkyl halides is 3. The fourth-order valence-electron chi connectivity index (χ4n) is 2.94. The summed E-state index contributed by atoms with van der Waals surface area (Å²) in [6.45, 7) is 0.394. The molecule has 0 saturated carbocycles. The minimum absolute atomic E-state index is 0.0380. The first kappa shape index (κ1) is 20.5. The second-order valence-electron chi connectivity index (χ2n) is 6.62. The second-order valence-corrected chi connectivity index (χ2v) is 6.62. The lowest BCUT2D eigenvalue weighted by Crippen LogP contribution is -2.32. The summed E-state index contributed by atoms with van der Waals surface area (Å²) < 4.78 is 54.5. The van der Waals surface area contributed by atoms with Crippen LogP contribution in [0.5, 0.6) is 0 Å². The lowest BCUT2D eigenvalue weighted by atomic mass is 10.1. The molecule has 0 aliphatic carbocycles. The Kier molecular flexibility index (Phi) is 5.61. The maximum absolute atomic E-state index is 12.9. The quantitative estimate of drug-likeness (QED) is 0.417. The highest BCUT2D eigenvalue weighted by atomic mass is 19.4.